The molecular weight excluding hydrogens is 427 g/mol. The van der Waals surface area contributed by atoms with E-state index < -0.39 is 5.97 Å². The Labute approximate surface area is 189 Å². The number of ether oxygens (including phenoxy) is 1. The van der Waals surface area contributed by atoms with E-state index >= 15 is 0 Å². The first kappa shape index (κ1) is 21.8. The maximum absolute atomic E-state index is 14.6. The number of methoxy groups -OCH3 is 1. The third-order valence-corrected chi connectivity index (χ3v) is 6.48. The van der Waals surface area contributed by atoms with Gasteiger partial charge in [-0.15, -0.1) is 0 Å². The Bertz CT molecular complexity index is 1240. The summed E-state index contributed by atoms with van der Waals surface area (Å²) in [7, 11) is 1.64. The van der Waals surface area contributed by atoms with E-state index in [1.54, 1.807) is 32.2 Å². The fraction of sp³-hybridized carbons (Fsp3) is 0.200. The topological polar surface area (TPSA) is 62.7 Å². The Kier molecular flexibility index (Phi) is 6.37. The lowest BCUT2D eigenvalue weighted by Crippen LogP contribution is -2.25. The number of thiazole rings is 1. The summed E-state index contributed by atoms with van der Waals surface area (Å²) < 4.78 is 20.4. The minimum atomic E-state index is -0.954. The highest BCUT2D eigenvalue weighted by molar-refractivity contribution is 7.22. The zero-order valence-electron chi connectivity index (χ0n) is 17.8. The van der Waals surface area contributed by atoms with Crippen molar-refractivity contribution in [3.05, 3.63) is 88.7 Å². The second kappa shape index (κ2) is 9.36. The number of carboxylic acids is 1. The quantitative estimate of drug-likeness (QED) is 0.373. The number of aromatic nitrogens is 1. The molecule has 4 aromatic rings. The van der Waals surface area contributed by atoms with Crippen molar-refractivity contribution in [1.82, 2.24) is 4.98 Å². The zero-order chi connectivity index (χ0) is 22.7. The minimum absolute atomic E-state index is 0.229. The lowest BCUT2D eigenvalue weighted by atomic mass is 10.1. The average molecular weight is 451 g/mol. The number of aromatic carboxylic acids is 1. The van der Waals surface area contributed by atoms with E-state index in [1.165, 1.54) is 11.3 Å². The van der Waals surface area contributed by atoms with Gasteiger partial charge in [-0.05, 0) is 60.4 Å². The lowest BCUT2D eigenvalue weighted by Gasteiger charge is -2.22. The number of fused-ring (bicyclic) bond motifs is 1. The molecule has 0 aliphatic heterocycles. The van der Waals surface area contributed by atoms with Crippen molar-refractivity contribution in [2.24, 2.45) is 0 Å². The summed E-state index contributed by atoms with van der Waals surface area (Å²) in [6.07, 6.45) is 0.772. The Balaban J connectivity index is 1.62. The van der Waals surface area contributed by atoms with Gasteiger partial charge in [-0.3, -0.25) is 0 Å². The molecule has 32 heavy (non-hydrogen) atoms. The highest BCUT2D eigenvalue weighted by Crippen LogP contribution is 2.33. The normalized spacial score (nSPS) is 11.0. The first-order valence-electron chi connectivity index (χ1n) is 10.2. The lowest BCUT2D eigenvalue weighted by molar-refractivity contribution is 0.0697. The molecule has 0 atom stereocenters. The monoisotopic (exact) mass is 450 g/mol. The van der Waals surface area contributed by atoms with Gasteiger partial charge in [0.05, 0.1) is 22.9 Å². The van der Waals surface area contributed by atoms with Crippen LogP contribution in [0.15, 0.2) is 60.7 Å². The van der Waals surface area contributed by atoms with Crippen LogP contribution in [-0.2, 0) is 13.0 Å². The molecule has 0 unspecified atom stereocenters. The zero-order valence-corrected chi connectivity index (χ0v) is 18.7. The predicted molar refractivity (Wildman–Crippen MR) is 125 cm³/mol. The van der Waals surface area contributed by atoms with Gasteiger partial charge < -0.3 is 14.7 Å². The molecule has 7 heteroatoms. The molecule has 0 spiro atoms. The van der Waals surface area contributed by atoms with E-state index in [2.05, 4.69) is 9.88 Å². The van der Waals surface area contributed by atoms with E-state index in [9.17, 15) is 9.18 Å². The summed E-state index contributed by atoms with van der Waals surface area (Å²) in [5.74, 6) is -0.377. The standard InChI is InChI=1S/C25H23FN2O3S/c1-16-3-12-21-23(22(16)26)32-25(27-21)28(14-13-17-6-10-20(31-2)11-7-17)15-18-4-8-19(9-5-18)24(29)30/h3-12H,13-15H2,1-2H3,(H,29,30). The van der Waals surface area contributed by atoms with Crippen LogP contribution >= 0.6 is 11.3 Å². The SMILES string of the molecule is COc1ccc(CCN(Cc2ccc(C(=O)O)cc2)c2nc3ccc(C)c(F)c3s2)cc1. The van der Waals surface area contributed by atoms with Crippen molar-refractivity contribution in [3.63, 3.8) is 0 Å². The highest BCUT2D eigenvalue weighted by Gasteiger charge is 2.16. The number of benzene rings is 3. The molecular formula is C25H23FN2O3S. The smallest absolute Gasteiger partial charge is 0.335 e. The molecule has 0 radical (unpaired) electrons. The van der Waals surface area contributed by atoms with Crippen molar-refractivity contribution in [2.75, 3.05) is 18.6 Å². The summed E-state index contributed by atoms with van der Waals surface area (Å²) in [5, 5.41) is 9.89. The number of nitrogens with zero attached hydrogens (tertiary/aromatic N) is 2. The molecule has 0 aliphatic carbocycles. The number of carbonyl (C=O) groups is 1. The molecule has 4 rings (SSSR count). The van der Waals surface area contributed by atoms with Crippen LogP contribution in [0.4, 0.5) is 9.52 Å². The van der Waals surface area contributed by atoms with Gasteiger partial charge >= 0.3 is 5.97 Å². The van der Waals surface area contributed by atoms with Crippen molar-refractivity contribution in [3.8, 4) is 5.75 Å². The maximum atomic E-state index is 14.6. The first-order valence-corrected chi connectivity index (χ1v) is 11.0. The van der Waals surface area contributed by atoms with E-state index in [1.807, 2.05) is 42.5 Å². The van der Waals surface area contributed by atoms with E-state index in [0.29, 0.717) is 28.9 Å². The fourth-order valence-electron chi connectivity index (χ4n) is 3.45. The third kappa shape index (κ3) is 4.73. The molecule has 164 valence electrons. The second-order valence-electron chi connectivity index (χ2n) is 7.56. The van der Waals surface area contributed by atoms with Crippen molar-refractivity contribution in [2.45, 2.75) is 19.9 Å². The molecule has 0 saturated carbocycles. The molecule has 0 saturated heterocycles. The molecule has 0 amide bonds. The Morgan fingerprint density at radius 2 is 1.75 bits per heavy atom. The summed E-state index contributed by atoms with van der Waals surface area (Å²) >= 11 is 1.34. The summed E-state index contributed by atoms with van der Waals surface area (Å²) in [6.45, 7) is 2.96. The number of aryl methyl sites for hydroxylation is 1. The molecule has 1 N–H and O–H groups in total. The Hall–Kier alpha value is -3.45. The maximum Gasteiger partial charge on any atom is 0.335 e. The summed E-state index contributed by atoms with van der Waals surface area (Å²) in [5.41, 5.74) is 3.60. The first-order chi connectivity index (χ1) is 15.4. The van der Waals surface area contributed by atoms with Gasteiger partial charge in [0.2, 0.25) is 0 Å². The predicted octanol–water partition coefficient (Wildman–Crippen LogP) is 5.70. The molecule has 1 aromatic heterocycles. The number of carboxylic acid groups (broad SMARTS) is 1. The molecule has 0 aliphatic rings. The minimum Gasteiger partial charge on any atom is -0.497 e. The molecule has 3 aromatic carbocycles. The number of hydrogen-bond donors (Lipinski definition) is 1. The van der Waals surface area contributed by atoms with Crippen molar-refractivity contribution in [1.29, 1.82) is 0 Å². The van der Waals surface area contributed by atoms with Gasteiger partial charge in [-0.1, -0.05) is 41.7 Å². The van der Waals surface area contributed by atoms with Crippen LogP contribution in [0.5, 0.6) is 5.75 Å². The van der Waals surface area contributed by atoms with Crippen LogP contribution in [-0.4, -0.2) is 29.7 Å². The Morgan fingerprint density at radius 1 is 1.06 bits per heavy atom. The van der Waals surface area contributed by atoms with Gasteiger partial charge in [0.25, 0.3) is 0 Å². The average Bonchev–Trinajstić information content (AvgIpc) is 3.25. The highest BCUT2D eigenvalue weighted by atomic mass is 32.1. The number of anilines is 1. The van der Waals surface area contributed by atoms with E-state index in [4.69, 9.17) is 9.84 Å². The summed E-state index contributed by atoms with van der Waals surface area (Å²) in [6, 6.07) is 18.3. The van der Waals surface area contributed by atoms with Gasteiger partial charge in [0.1, 0.15) is 11.6 Å². The largest absolute Gasteiger partial charge is 0.497 e. The van der Waals surface area contributed by atoms with Crippen LogP contribution < -0.4 is 9.64 Å². The van der Waals surface area contributed by atoms with Crippen LogP contribution in [0, 0.1) is 12.7 Å². The molecule has 0 fully saturated rings. The van der Waals surface area contributed by atoms with Crippen molar-refractivity contribution >= 4 is 32.7 Å². The van der Waals surface area contributed by atoms with Gasteiger partial charge in [-0.2, -0.15) is 0 Å². The van der Waals surface area contributed by atoms with Crippen LogP contribution in [0.25, 0.3) is 10.2 Å². The third-order valence-electron chi connectivity index (χ3n) is 5.35. The Morgan fingerprint density at radius 3 is 2.41 bits per heavy atom. The number of rotatable bonds is 8. The van der Waals surface area contributed by atoms with E-state index in [0.717, 1.165) is 28.4 Å². The van der Waals surface area contributed by atoms with Gasteiger partial charge in [0.15, 0.2) is 5.13 Å². The van der Waals surface area contributed by atoms with Gasteiger partial charge in [-0.25, -0.2) is 14.2 Å². The molecule has 5 nitrogen and oxygen atoms in total. The fourth-order valence-corrected chi connectivity index (χ4v) is 4.53. The second-order valence-corrected chi connectivity index (χ2v) is 8.54. The van der Waals surface area contributed by atoms with Crippen LogP contribution in [0.3, 0.4) is 0 Å². The number of hydrogen-bond acceptors (Lipinski definition) is 5. The molecule has 0 bridgehead atoms. The summed E-state index contributed by atoms with van der Waals surface area (Å²) in [4.78, 5) is 18.0. The van der Waals surface area contributed by atoms with E-state index in [-0.39, 0.29) is 11.4 Å². The van der Waals surface area contributed by atoms with Crippen LogP contribution in [0.2, 0.25) is 0 Å². The number of halogens is 1. The van der Waals surface area contributed by atoms with Crippen molar-refractivity contribution < 1.29 is 19.0 Å². The molecule has 1 heterocycles. The van der Waals surface area contributed by atoms with Crippen LogP contribution in [0.1, 0.15) is 27.0 Å². The van der Waals surface area contributed by atoms with Gasteiger partial charge in [0, 0.05) is 13.1 Å².